The van der Waals surface area contributed by atoms with E-state index in [9.17, 15) is 9.59 Å². The second-order valence-electron chi connectivity index (χ2n) is 6.81. The highest BCUT2D eigenvalue weighted by molar-refractivity contribution is 6.05. The molecule has 1 aliphatic rings. The molecule has 0 unspecified atom stereocenters. The van der Waals surface area contributed by atoms with Crippen LogP contribution in [0.1, 0.15) is 35.3 Å². The van der Waals surface area contributed by atoms with Gasteiger partial charge < -0.3 is 15.1 Å². The molecule has 2 heterocycles. The van der Waals surface area contributed by atoms with Gasteiger partial charge in [-0.25, -0.2) is 4.98 Å². The molecule has 1 aliphatic heterocycles. The van der Waals surface area contributed by atoms with Crippen LogP contribution < -0.4 is 10.2 Å². The Morgan fingerprint density at radius 3 is 2.44 bits per heavy atom. The number of nitrogens with zero attached hydrogens (tertiary/aromatic N) is 3. The first-order chi connectivity index (χ1) is 13.0. The molecule has 2 aromatic rings. The van der Waals surface area contributed by atoms with Gasteiger partial charge in [-0.3, -0.25) is 9.59 Å². The number of amides is 2. The molecule has 6 heteroatoms. The van der Waals surface area contributed by atoms with Crippen molar-refractivity contribution in [2.75, 3.05) is 36.4 Å². The second kappa shape index (κ2) is 8.20. The van der Waals surface area contributed by atoms with Gasteiger partial charge in [-0.15, -0.1) is 0 Å². The fraction of sp³-hybridized carbons (Fsp3) is 0.381. The van der Waals surface area contributed by atoms with E-state index in [1.165, 1.54) is 0 Å². The van der Waals surface area contributed by atoms with Crippen molar-refractivity contribution in [3.05, 3.63) is 53.2 Å². The van der Waals surface area contributed by atoms with E-state index in [-0.39, 0.29) is 11.8 Å². The van der Waals surface area contributed by atoms with Crippen LogP contribution >= 0.6 is 0 Å². The molecule has 0 aliphatic carbocycles. The third kappa shape index (κ3) is 4.27. The minimum absolute atomic E-state index is 0.109. The topological polar surface area (TPSA) is 65.5 Å². The Bertz CT molecular complexity index is 825. The quantitative estimate of drug-likeness (QED) is 0.904. The van der Waals surface area contributed by atoms with Gasteiger partial charge in [0.25, 0.3) is 5.91 Å². The van der Waals surface area contributed by atoms with Crippen LogP contribution in [-0.2, 0) is 11.2 Å². The number of rotatable bonds is 4. The summed E-state index contributed by atoms with van der Waals surface area (Å²) >= 11 is 0. The molecule has 1 fully saturated rings. The molecule has 6 nitrogen and oxygen atoms in total. The maximum atomic E-state index is 12.6. The lowest BCUT2D eigenvalue weighted by molar-refractivity contribution is -0.129. The van der Waals surface area contributed by atoms with Crippen LogP contribution in [0.15, 0.2) is 36.5 Å². The zero-order chi connectivity index (χ0) is 19.4. The van der Waals surface area contributed by atoms with Crippen molar-refractivity contribution in [2.24, 2.45) is 0 Å². The molecule has 1 saturated heterocycles. The molecular weight excluding hydrogens is 340 g/mol. The summed E-state index contributed by atoms with van der Waals surface area (Å²) in [5.74, 6) is 0.789. The lowest BCUT2D eigenvalue weighted by Crippen LogP contribution is -2.48. The molecule has 1 aromatic heterocycles. The number of pyridine rings is 1. The van der Waals surface area contributed by atoms with Gasteiger partial charge >= 0.3 is 0 Å². The number of aryl methyl sites for hydroxylation is 2. The van der Waals surface area contributed by atoms with E-state index >= 15 is 0 Å². The molecule has 0 radical (unpaired) electrons. The molecule has 2 amide bonds. The highest BCUT2D eigenvalue weighted by Crippen LogP contribution is 2.22. The Hall–Kier alpha value is -2.89. The van der Waals surface area contributed by atoms with Gasteiger partial charge in [-0.2, -0.15) is 0 Å². The molecular formula is C21H26N4O2. The SMILES string of the molecule is CCc1cccc(C)c1NC(=O)c1ccc(N2CCN(C(C)=O)CC2)nc1. The number of carbonyl (C=O) groups excluding carboxylic acids is 2. The molecule has 0 saturated carbocycles. The number of aromatic nitrogens is 1. The Labute approximate surface area is 160 Å². The fourth-order valence-corrected chi connectivity index (χ4v) is 3.35. The van der Waals surface area contributed by atoms with E-state index in [0.29, 0.717) is 18.7 Å². The monoisotopic (exact) mass is 366 g/mol. The maximum Gasteiger partial charge on any atom is 0.257 e. The van der Waals surface area contributed by atoms with E-state index in [0.717, 1.165) is 42.1 Å². The minimum atomic E-state index is -0.153. The summed E-state index contributed by atoms with van der Waals surface area (Å²) in [7, 11) is 0. The fourth-order valence-electron chi connectivity index (χ4n) is 3.35. The number of benzene rings is 1. The first-order valence-electron chi connectivity index (χ1n) is 9.36. The van der Waals surface area contributed by atoms with E-state index in [1.807, 2.05) is 36.1 Å². The van der Waals surface area contributed by atoms with Crippen molar-refractivity contribution in [1.82, 2.24) is 9.88 Å². The van der Waals surface area contributed by atoms with Gasteiger partial charge in [0.15, 0.2) is 0 Å². The number of piperazine rings is 1. The Balaban J connectivity index is 1.67. The van der Waals surface area contributed by atoms with Crippen molar-refractivity contribution in [2.45, 2.75) is 27.2 Å². The summed E-state index contributed by atoms with van der Waals surface area (Å²) in [6.45, 7) is 8.57. The van der Waals surface area contributed by atoms with Gasteiger partial charge in [0, 0.05) is 45.0 Å². The summed E-state index contributed by atoms with van der Waals surface area (Å²) < 4.78 is 0. The smallest absolute Gasteiger partial charge is 0.257 e. The first kappa shape index (κ1) is 18.9. The van der Waals surface area contributed by atoms with Crippen LogP contribution in [0.4, 0.5) is 11.5 Å². The molecule has 142 valence electrons. The van der Waals surface area contributed by atoms with Crippen LogP contribution in [-0.4, -0.2) is 47.9 Å². The molecule has 0 bridgehead atoms. The predicted molar refractivity (Wildman–Crippen MR) is 107 cm³/mol. The lowest BCUT2D eigenvalue weighted by Gasteiger charge is -2.34. The van der Waals surface area contributed by atoms with Gasteiger partial charge in [-0.05, 0) is 36.6 Å². The molecule has 1 aromatic carbocycles. The molecule has 0 atom stereocenters. The highest BCUT2D eigenvalue weighted by Gasteiger charge is 2.20. The second-order valence-corrected chi connectivity index (χ2v) is 6.81. The zero-order valence-electron chi connectivity index (χ0n) is 16.2. The number of anilines is 2. The first-order valence-corrected chi connectivity index (χ1v) is 9.36. The van der Waals surface area contributed by atoms with Crippen molar-refractivity contribution in [3.63, 3.8) is 0 Å². The van der Waals surface area contributed by atoms with Gasteiger partial charge in [-0.1, -0.05) is 25.1 Å². The molecule has 1 N–H and O–H groups in total. The maximum absolute atomic E-state index is 12.6. The Morgan fingerprint density at radius 1 is 1.11 bits per heavy atom. The Kier molecular flexibility index (Phi) is 5.74. The standard InChI is InChI=1S/C21H26N4O2/c1-4-17-7-5-6-15(2)20(17)23-21(27)18-8-9-19(22-14-18)25-12-10-24(11-13-25)16(3)26/h5-9,14H,4,10-13H2,1-3H3,(H,23,27). The van der Waals surface area contributed by atoms with Crippen molar-refractivity contribution >= 4 is 23.3 Å². The van der Waals surface area contributed by atoms with E-state index < -0.39 is 0 Å². The summed E-state index contributed by atoms with van der Waals surface area (Å²) in [5.41, 5.74) is 3.59. The highest BCUT2D eigenvalue weighted by atomic mass is 16.2. The van der Waals surface area contributed by atoms with Crippen LogP contribution in [0.2, 0.25) is 0 Å². The normalized spacial score (nSPS) is 14.2. The van der Waals surface area contributed by atoms with E-state index in [4.69, 9.17) is 0 Å². The van der Waals surface area contributed by atoms with Crippen LogP contribution in [0, 0.1) is 6.92 Å². The zero-order valence-corrected chi connectivity index (χ0v) is 16.2. The van der Waals surface area contributed by atoms with Crippen molar-refractivity contribution in [1.29, 1.82) is 0 Å². The number of hydrogen-bond acceptors (Lipinski definition) is 4. The summed E-state index contributed by atoms with van der Waals surface area (Å²) in [6, 6.07) is 9.71. The van der Waals surface area contributed by atoms with Gasteiger partial charge in [0.2, 0.25) is 5.91 Å². The average Bonchev–Trinajstić information content (AvgIpc) is 2.69. The van der Waals surface area contributed by atoms with Crippen molar-refractivity contribution in [3.8, 4) is 0 Å². The molecule has 3 rings (SSSR count). The summed E-state index contributed by atoms with van der Waals surface area (Å²) in [4.78, 5) is 32.5. The number of hydrogen-bond donors (Lipinski definition) is 1. The van der Waals surface area contributed by atoms with Crippen LogP contribution in [0.3, 0.4) is 0 Å². The minimum Gasteiger partial charge on any atom is -0.353 e. The van der Waals surface area contributed by atoms with E-state index in [1.54, 1.807) is 19.2 Å². The van der Waals surface area contributed by atoms with Crippen molar-refractivity contribution < 1.29 is 9.59 Å². The van der Waals surface area contributed by atoms with Gasteiger partial charge in [0.1, 0.15) is 5.82 Å². The summed E-state index contributed by atoms with van der Waals surface area (Å²) in [5, 5.41) is 3.03. The number of nitrogens with one attached hydrogen (secondary N) is 1. The van der Waals surface area contributed by atoms with Crippen LogP contribution in [0.25, 0.3) is 0 Å². The summed E-state index contributed by atoms with van der Waals surface area (Å²) in [6.07, 6.45) is 2.48. The Morgan fingerprint density at radius 2 is 1.85 bits per heavy atom. The number of carbonyl (C=O) groups is 2. The average molecular weight is 366 g/mol. The predicted octanol–water partition coefficient (Wildman–Crippen LogP) is 2.87. The largest absolute Gasteiger partial charge is 0.353 e. The number of para-hydroxylation sites is 1. The molecule has 0 spiro atoms. The molecule has 27 heavy (non-hydrogen) atoms. The van der Waals surface area contributed by atoms with Crippen LogP contribution in [0.5, 0.6) is 0 Å². The third-order valence-electron chi connectivity index (χ3n) is 5.04. The lowest BCUT2D eigenvalue weighted by atomic mass is 10.1. The van der Waals surface area contributed by atoms with Gasteiger partial charge in [0.05, 0.1) is 5.56 Å². The van der Waals surface area contributed by atoms with E-state index in [2.05, 4.69) is 22.1 Å². The third-order valence-corrected chi connectivity index (χ3v) is 5.04.